The average Bonchev–Trinajstić information content (AvgIpc) is 2.80. The third-order valence-electron chi connectivity index (χ3n) is 2.56. The SMILES string of the molecule is Cc1cc(CNc2nc(C(F)(F)F)ccc2C(N)=O)no1. The van der Waals surface area contributed by atoms with Gasteiger partial charge >= 0.3 is 6.18 Å². The molecule has 2 aromatic rings. The highest BCUT2D eigenvalue weighted by atomic mass is 19.4. The summed E-state index contributed by atoms with van der Waals surface area (Å²) in [5, 5.41) is 6.28. The van der Waals surface area contributed by atoms with Crippen molar-refractivity contribution in [2.24, 2.45) is 5.73 Å². The maximum Gasteiger partial charge on any atom is 0.433 e. The summed E-state index contributed by atoms with van der Waals surface area (Å²) in [6, 6.07) is 3.28. The van der Waals surface area contributed by atoms with Crippen LogP contribution in [0.4, 0.5) is 19.0 Å². The highest BCUT2D eigenvalue weighted by Crippen LogP contribution is 2.29. The van der Waals surface area contributed by atoms with Crippen molar-refractivity contribution in [3.05, 3.63) is 40.9 Å². The number of nitrogens with two attached hydrogens (primary N) is 1. The van der Waals surface area contributed by atoms with E-state index in [1.54, 1.807) is 13.0 Å². The number of aromatic nitrogens is 2. The lowest BCUT2D eigenvalue weighted by Gasteiger charge is -2.11. The van der Waals surface area contributed by atoms with Crippen molar-refractivity contribution in [1.82, 2.24) is 10.1 Å². The van der Waals surface area contributed by atoms with Gasteiger partial charge in [-0.2, -0.15) is 13.2 Å². The number of halogens is 3. The number of primary amides is 1. The number of nitrogens with zero attached hydrogens (tertiary/aromatic N) is 2. The molecule has 2 rings (SSSR count). The number of aryl methyl sites for hydroxylation is 1. The van der Waals surface area contributed by atoms with E-state index in [9.17, 15) is 18.0 Å². The van der Waals surface area contributed by atoms with Gasteiger partial charge in [-0.05, 0) is 19.1 Å². The number of carbonyl (C=O) groups excluding carboxylic acids is 1. The van der Waals surface area contributed by atoms with E-state index in [0.717, 1.165) is 6.07 Å². The van der Waals surface area contributed by atoms with Crippen molar-refractivity contribution in [2.75, 3.05) is 5.32 Å². The van der Waals surface area contributed by atoms with Crippen LogP contribution in [0.25, 0.3) is 0 Å². The molecular weight excluding hydrogens is 289 g/mol. The number of carbonyl (C=O) groups is 1. The predicted octanol–water partition coefficient (Wildman–Crippen LogP) is 2.11. The number of amides is 1. The van der Waals surface area contributed by atoms with Crippen LogP contribution in [0.5, 0.6) is 0 Å². The molecule has 0 unspecified atom stereocenters. The van der Waals surface area contributed by atoms with Crippen LogP contribution >= 0.6 is 0 Å². The van der Waals surface area contributed by atoms with Crippen molar-refractivity contribution in [3.63, 3.8) is 0 Å². The number of hydrogen-bond donors (Lipinski definition) is 2. The quantitative estimate of drug-likeness (QED) is 0.901. The first-order valence-corrected chi connectivity index (χ1v) is 5.81. The minimum absolute atomic E-state index is 0.0476. The molecule has 1 amide bonds. The molecule has 0 saturated heterocycles. The van der Waals surface area contributed by atoms with E-state index in [0.29, 0.717) is 17.5 Å². The lowest BCUT2D eigenvalue weighted by atomic mass is 10.2. The zero-order valence-electron chi connectivity index (χ0n) is 10.9. The number of hydrogen-bond acceptors (Lipinski definition) is 5. The van der Waals surface area contributed by atoms with Gasteiger partial charge in [0.25, 0.3) is 5.91 Å². The van der Waals surface area contributed by atoms with Gasteiger partial charge in [-0.25, -0.2) is 4.98 Å². The van der Waals surface area contributed by atoms with E-state index in [2.05, 4.69) is 15.5 Å². The monoisotopic (exact) mass is 300 g/mol. The molecule has 3 N–H and O–H groups in total. The zero-order valence-corrected chi connectivity index (χ0v) is 10.9. The van der Waals surface area contributed by atoms with Crippen LogP contribution in [0.2, 0.25) is 0 Å². The van der Waals surface area contributed by atoms with Gasteiger partial charge in [0.05, 0.1) is 12.1 Å². The van der Waals surface area contributed by atoms with Gasteiger partial charge in [0.2, 0.25) is 0 Å². The number of anilines is 1. The van der Waals surface area contributed by atoms with Gasteiger partial charge < -0.3 is 15.6 Å². The van der Waals surface area contributed by atoms with Gasteiger partial charge in [0.1, 0.15) is 23.0 Å². The van der Waals surface area contributed by atoms with Gasteiger partial charge in [-0.15, -0.1) is 0 Å². The highest BCUT2D eigenvalue weighted by Gasteiger charge is 2.33. The molecule has 0 saturated carbocycles. The zero-order chi connectivity index (χ0) is 15.6. The Morgan fingerprint density at radius 3 is 2.67 bits per heavy atom. The van der Waals surface area contributed by atoms with Gasteiger partial charge in [-0.1, -0.05) is 5.16 Å². The van der Waals surface area contributed by atoms with E-state index in [4.69, 9.17) is 10.3 Å². The molecule has 0 radical (unpaired) electrons. The highest BCUT2D eigenvalue weighted by molar-refractivity contribution is 5.97. The summed E-state index contributed by atoms with van der Waals surface area (Å²) in [4.78, 5) is 14.6. The Morgan fingerprint density at radius 1 is 1.43 bits per heavy atom. The van der Waals surface area contributed by atoms with Crippen LogP contribution < -0.4 is 11.1 Å². The maximum absolute atomic E-state index is 12.6. The second kappa shape index (κ2) is 5.43. The van der Waals surface area contributed by atoms with Gasteiger partial charge in [0, 0.05) is 6.07 Å². The molecule has 112 valence electrons. The molecule has 21 heavy (non-hydrogen) atoms. The van der Waals surface area contributed by atoms with Crippen molar-refractivity contribution < 1.29 is 22.5 Å². The van der Waals surface area contributed by atoms with Crippen molar-refractivity contribution in [3.8, 4) is 0 Å². The molecule has 0 aliphatic heterocycles. The molecule has 0 spiro atoms. The average molecular weight is 300 g/mol. The molecular formula is C12H11F3N4O2. The molecule has 0 atom stereocenters. The number of rotatable bonds is 4. The summed E-state index contributed by atoms with van der Waals surface area (Å²) in [7, 11) is 0. The van der Waals surface area contributed by atoms with Crippen LogP contribution in [0, 0.1) is 6.92 Å². The van der Waals surface area contributed by atoms with Crippen LogP contribution in [-0.2, 0) is 12.7 Å². The molecule has 0 aromatic carbocycles. The Labute approximate surface area is 117 Å². The fraction of sp³-hybridized carbons (Fsp3) is 0.250. The summed E-state index contributed by atoms with van der Waals surface area (Å²) in [6.07, 6.45) is -4.61. The Hall–Kier alpha value is -2.58. The molecule has 2 heterocycles. The Bertz CT molecular complexity index is 667. The predicted molar refractivity (Wildman–Crippen MR) is 66.3 cm³/mol. The van der Waals surface area contributed by atoms with E-state index in [1.165, 1.54) is 0 Å². The van der Waals surface area contributed by atoms with Crippen LogP contribution in [-0.4, -0.2) is 16.0 Å². The van der Waals surface area contributed by atoms with Gasteiger partial charge in [0.15, 0.2) is 0 Å². The number of nitrogens with one attached hydrogen (secondary N) is 1. The third-order valence-corrected chi connectivity index (χ3v) is 2.56. The molecule has 0 fully saturated rings. The fourth-order valence-electron chi connectivity index (χ4n) is 1.63. The van der Waals surface area contributed by atoms with Crippen LogP contribution in [0.1, 0.15) is 27.5 Å². The summed E-state index contributed by atoms with van der Waals surface area (Å²) in [6.45, 7) is 1.72. The van der Waals surface area contributed by atoms with E-state index >= 15 is 0 Å². The molecule has 9 heteroatoms. The summed E-state index contributed by atoms with van der Waals surface area (Å²) < 4.78 is 42.7. The summed E-state index contributed by atoms with van der Waals surface area (Å²) in [5.41, 5.74) is 4.32. The van der Waals surface area contributed by atoms with E-state index in [-0.39, 0.29) is 17.9 Å². The normalized spacial score (nSPS) is 11.4. The maximum atomic E-state index is 12.6. The molecule has 2 aromatic heterocycles. The third kappa shape index (κ3) is 3.50. The molecule has 6 nitrogen and oxygen atoms in total. The first-order chi connectivity index (χ1) is 9.77. The fourth-order valence-corrected chi connectivity index (χ4v) is 1.63. The Morgan fingerprint density at radius 2 is 2.14 bits per heavy atom. The first kappa shape index (κ1) is 14.8. The van der Waals surface area contributed by atoms with Crippen LogP contribution in [0.3, 0.4) is 0 Å². The minimum Gasteiger partial charge on any atom is -0.365 e. The van der Waals surface area contributed by atoms with Crippen LogP contribution in [0.15, 0.2) is 22.7 Å². The number of alkyl halides is 3. The Balaban J connectivity index is 2.28. The lowest BCUT2D eigenvalue weighted by Crippen LogP contribution is -2.18. The van der Waals surface area contributed by atoms with E-state index in [1.807, 2.05) is 0 Å². The second-order valence-corrected chi connectivity index (χ2v) is 4.24. The second-order valence-electron chi connectivity index (χ2n) is 4.24. The molecule has 0 aliphatic rings. The summed E-state index contributed by atoms with van der Waals surface area (Å²) in [5.74, 6) is -0.577. The largest absolute Gasteiger partial charge is 0.433 e. The molecule has 0 bridgehead atoms. The van der Waals surface area contributed by atoms with Crippen molar-refractivity contribution in [1.29, 1.82) is 0 Å². The Kier molecular flexibility index (Phi) is 3.83. The lowest BCUT2D eigenvalue weighted by molar-refractivity contribution is -0.141. The van der Waals surface area contributed by atoms with Crippen molar-refractivity contribution in [2.45, 2.75) is 19.6 Å². The smallest absolute Gasteiger partial charge is 0.365 e. The topological polar surface area (TPSA) is 94.0 Å². The number of pyridine rings is 1. The van der Waals surface area contributed by atoms with Gasteiger partial charge in [-0.3, -0.25) is 4.79 Å². The minimum atomic E-state index is -4.61. The van der Waals surface area contributed by atoms with Crippen molar-refractivity contribution >= 4 is 11.7 Å². The first-order valence-electron chi connectivity index (χ1n) is 5.81. The molecule has 0 aliphatic carbocycles. The summed E-state index contributed by atoms with van der Waals surface area (Å²) >= 11 is 0. The standard InChI is InChI=1S/C12H11F3N4O2/c1-6-4-7(19-21-6)5-17-11-8(10(16)20)2-3-9(18-11)12(13,14)15/h2-4H,5H2,1H3,(H2,16,20)(H,17,18). The van der Waals surface area contributed by atoms with E-state index < -0.39 is 17.8 Å².